The molecule has 180 valence electrons. The van der Waals surface area contributed by atoms with Crippen LogP contribution in [-0.2, 0) is 6.54 Å². The first-order valence-electron chi connectivity index (χ1n) is 12.1. The summed E-state index contributed by atoms with van der Waals surface area (Å²) in [6, 6.07) is 12.0. The fraction of sp³-hybridized carbons (Fsp3) is 0.333. The number of carbonyl (C=O) groups excluding carboxylic acids is 1. The van der Waals surface area contributed by atoms with Crippen molar-refractivity contribution in [3.8, 4) is 11.1 Å². The van der Waals surface area contributed by atoms with Crippen LogP contribution in [0.4, 0.5) is 11.5 Å². The third kappa shape index (κ3) is 5.17. The summed E-state index contributed by atoms with van der Waals surface area (Å²) in [6.07, 6.45) is 7.81. The van der Waals surface area contributed by atoms with Crippen LogP contribution in [0.5, 0.6) is 0 Å². The minimum atomic E-state index is -0.269. The van der Waals surface area contributed by atoms with E-state index < -0.39 is 0 Å². The summed E-state index contributed by atoms with van der Waals surface area (Å²) in [5.74, 6) is 1.45. The number of aromatic nitrogens is 4. The van der Waals surface area contributed by atoms with Crippen LogP contribution in [0.25, 0.3) is 22.0 Å². The Hall–Kier alpha value is -3.78. The maximum absolute atomic E-state index is 13.1. The van der Waals surface area contributed by atoms with E-state index in [0.717, 1.165) is 59.0 Å². The van der Waals surface area contributed by atoms with Crippen molar-refractivity contribution in [2.45, 2.75) is 26.3 Å². The number of aromatic amines is 1. The Balaban J connectivity index is 1.34. The first kappa shape index (κ1) is 23.0. The van der Waals surface area contributed by atoms with Crippen molar-refractivity contribution in [2.75, 3.05) is 37.4 Å². The largest absolute Gasteiger partial charge is 0.357 e. The van der Waals surface area contributed by atoms with Gasteiger partial charge in [0.15, 0.2) is 5.69 Å². The Morgan fingerprint density at radius 3 is 2.66 bits per heavy atom. The summed E-state index contributed by atoms with van der Waals surface area (Å²) in [5, 5.41) is 11.0. The summed E-state index contributed by atoms with van der Waals surface area (Å²) in [6.45, 7) is 5.15. The molecule has 5 rings (SSSR count). The van der Waals surface area contributed by atoms with Gasteiger partial charge in [0.05, 0.1) is 17.4 Å². The van der Waals surface area contributed by atoms with Gasteiger partial charge in [-0.15, -0.1) is 0 Å². The molecule has 0 saturated carbocycles. The van der Waals surface area contributed by atoms with E-state index in [0.29, 0.717) is 11.4 Å². The molecule has 1 saturated heterocycles. The number of nitrogens with one attached hydrogen (secondary N) is 2. The summed E-state index contributed by atoms with van der Waals surface area (Å²) >= 11 is 0. The average Bonchev–Trinajstić information content (AvgIpc) is 3.28. The molecule has 0 aliphatic carbocycles. The summed E-state index contributed by atoms with van der Waals surface area (Å²) < 4.78 is 0. The van der Waals surface area contributed by atoms with Crippen LogP contribution in [0.1, 0.15) is 35.8 Å². The highest BCUT2D eigenvalue weighted by Crippen LogP contribution is 2.27. The third-order valence-electron chi connectivity index (χ3n) is 6.52. The molecule has 1 aliphatic heterocycles. The van der Waals surface area contributed by atoms with Crippen LogP contribution in [0.2, 0.25) is 0 Å². The first-order valence-corrected chi connectivity index (χ1v) is 12.1. The van der Waals surface area contributed by atoms with E-state index in [1.807, 2.05) is 56.8 Å². The molecule has 1 amide bonds. The molecule has 0 radical (unpaired) electrons. The molecule has 0 atom stereocenters. The van der Waals surface area contributed by atoms with Crippen molar-refractivity contribution in [1.29, 1.82) is 0 Å². The molecule has 0 bridgehead atoms. The van der Waals surface area contributed by atoms with Gasteiger partial charge in [-0.1, -0.05) is 13.0 Å². The van der Waals surface area contributed by atoms with E-state index in [1.54, 1.807) is 6.20 Å². The quantitative estimate of drug-likeness (QED) is 0.430. The number of nitrogens with zero attached hydrogens (tertiary/aromatic N) is 5. The molecule has 1 aliphatic rings. The van der Waals surface area contributed by atoms with Gasteiger partial charge in [0.25, 0.3) is 5.91 Å². The Kier molecular flexibility index (Phi) is 6.46. The summed E-state index contributed by atoms with van der Waals surface area (Å²) in [7, 11) is 4.07. The number of anilines is 2. The van der Waals surface area contributed by atoms with Gasteiger partial charge >= 0.3 is 0 Å². The van der Waals surface area contributed by atoms with Gasteiger partial charge < -0.3 is 15.1 Å². The predicted octanol–water partition coefficient (Wildman–Crippen LogP) is 4.57. The predicted molar refractivity (Wildman–Crippen MR) is 140 cm³/mol. The maximum Gasteiger partial charge on any atom is 0.276 e. The Morgan fingerprint density at radius 1 is 1.09 bits per heavy atom. The highest BCUT2D eigenvalue weighted by Gasteiger charge is 2.18. The summed E-state index contributed by atoms with van der Waals surface area (Å²) in [4.78, 5) is 26.5. The van der Waals surface area contributed by atoms with E-state index in [2.05, 4.69) is 48.3 Å². The number of piperidine rings is 1. The highest BCUT2D eigenvalue weighted by atomic mass is 16.1. The van der Waals surface area contributed by atoms with Crippen molar-refractivity contribution in [1.82, 2.24) is 25.1 Å². The molecule has 35 heavy (non-hydrogen) atoms. The zero-order valence-corrected chi connectivity index (χ0v) is 20.5. The lowest BCUT2D eigenvalue weighted by molar-refractivity contribution is 0.102. The van der Waals surface area contributed by atoms with Crippen LogP contribution in [0, 0.1) is 5.92 Å². The Labute approximate surface area is 205 Å². The number of amides is 1. The van der Waals surface area contributed by atoms with E-state index in [1.165, 1.54) is 12.8 Å². The van der Waals surface area contributed by atoms with Crippen LogP contribution in [0.15, 0.2) is 55.0 Å². The number of fused-ring (bicyclic) bond motifs is 1. The van der Waals surface area contributed by atoms with Gasteiger partial charge in [-0.05, 0) is 74.3 Å². The van der Waals surface area contributed by atoms with Gasteiger partial charge in [-0.2, -0.15) is 5.10 Å². The molecular formula is C27H31N7O. The normalized spacial score (nSPS) is 14.6. The number of pyridine rings is 2. The van der Waals surface area contributed by atoms with Gasteiger partial charge in [0, 0.05) is 43.0 Å². The van der Waals surface area contributed by atoms with Crippen molar-refractivity contribution in [2.24, 2.45) is 5.92 Å². The number of hydrogen-bond acceptors (Lipinski definition) is 6. The topological polar surface area (TPSA) is 90.0 Å². The van der Waals surface area contributed by atoms with Crippen molar-refractivity contribution in [3.05, 3.63) is 66.2 Å². The Morgan fingerprint density at radius 2 is 1.91 bits per heavy atom. The fourth-order valence-corrected chi connectivity index (χ4v) is 4.54. The zero-order chi connectivity index (χ0) is 24.4. The first-order chi connectivity index (χ1) is 17.0. The monoisotopic (exact) mass is 469 g/mol. The lowest BCUT2D eigenvalue weighted by Crippen LogP contribution is -2.33. The molecule has 4 heterocycles. The van der Waals surface area contributed by atoms with E-state index in [4.69, 9.17) is 0 Å². The second kappa shape index (κ2) is 9.84. The third-order valence-corrected chi connectivity index (χ3v) is 6.52. The molecule has 4 aromatic rings. The molecule has 1 aromatic carbocycles. The van der Waals surface area contributed by atoms with E-state index >= 15 is 0 Å². The SMILES string of the molecule is CC1CCN(c2ccc(NC(=O)c3n[nH]c4ccc(-c5cncc(CN(C)C)c5)cc34)cn2)CC1. The van der Waals surface area contributed by atoms with Crippen LogP contribution >= 0.6 is 0 Å². The molecule has 0 spiro atoms. The van der Waals surface area contributed by atoms with Crippen molar-refractivity contribution >= 4 is 28.3 Å². The number of benzene rings is 1. The van der Waals surface area contributed by atoms with Gasteiger partial charge in [0.2, 0.25) is 0 Å². The Bertz CT molecular complexity index is 1320. The minimum absolute atomic E-state index is 0.269. The minimum Gasteiger partial charge on any atom is -0.357 e. The second-order valence-corrected chi connectivity index (χ2v) is 9.68. The van der Waals surface area contributed by atoms with Gasteiger partial charge in [0.1, 0.15) is 5.82 Å². The van der Waals surface area contributed by atoms with Gasteiger partial charge in [-0.25, -0.2) is 4.98 Å². The van der Waals surface area contributed by atoms with Crippen LogP contribution < -0.4 is 10.2 Å². The molecule has 8 nitrogen and oxygen atoms in total. The molecule has 8 heteroatoms. The lowest BCUT2D eigenvalue weighted by Gasteiger charge is -2.31. The van der Waals surface area contributed by atoms with E-state index in [9.17, 15) is 4.79 Å². The number of H-pyrrole nitrogens is 1. The number of rotatable bonds is 6. The maximum atomic E-state index is 13.1. The molecule has 2 N–H and O–H groups in total. The molecule has 3 aromatic heterocycles. The number of carbonyl (C=O) groups is 1. The van der Waals surface area contributed by atoms with Crippen LogP contribution in [0.3, 0.4) is 0 Å². The number of hydrogen-bond donors (Lipinski definition) is 2. The van der Waals surface area contributed by atoms with E-state index in [-0.39, 0.29) is 5.91 Å². The average molecular weight is 470 g/mol. The fourth-order valence-electron chi connectivity index (χ4n) is 4.54. The van der Waals surface area contributed by atoms with Crippen molar-refractivity contribution < 1.29 is 4.79 Å². The summed E-state index contributed by atoms with van der Waals surface area (Å²) in [5.41, 5.74) is 4.94. The lowest BCUT2D eigenvalue weighted by atomic mass is 9.99. The molecule has 1 fully saturated rings. The molecule has 0 unspecified atom stereocenters. The molecular weight excluding hydrogens is 438 g/mol. The second-order valence-electron chi connectivity index (χ2n) is 9.68. The zero-order valence-electron chi connectivity index (χ0n) is 20.5. The van der Waals surface area contributed by atoms with Gasteiger partial charge in [-0.3, -0.25) is 14.9 Å². The van der Waals surface area contributed by atoms with Crippen molar-refractivity contribution in [3.63, 3.8) is 0 Å². The highest BCUT2D eigenvalue weighted by molar-refractivity contribution is 6.11. The standard InChI is InChI=1S/C27H31N7O/c1-18-8-10-34(11-9-18)25-7-5-22(16-29-25)30-27(35)26-23-13-20(4-6-24(23)31-32-26)21-12-19(14-28-15-21)17-33(2)3/h4-7,12-16,18H,8-11,17H2,1-3H3,(H,30,35)(H,31,32). The smallest absolute Gasteiger partial charge is 0.276 e. The van der Waals surface area contributed by atoms with Crippen LogP contribution in [-0.4, -0.2) is 58.2 Å².